The van der Waals surface area contributed by atoms with Gasteiger partial charge in [0, 0.05) is 31.0 Å². The topological polar surface area (TPSA) is 73.6 Å². The first-order valence-corrected chi connectivity index (χ1v) is 8.90. The fraction of sp³-hybridized carbons (Fsp3) is 0.200. The number of hydrogen-bond acceptors (Lipinski definition) is 5. The minimum absolute atomic E-state index is 0.0521. The molecule has 0 fully saturated rings. The van der Waals surface area contributed by atoms with Gasteiger partial charge in [-0.3, -0.25) is 4.79 Å². The first-order chi connectivity index (χ1) is 13.9. The lowest BCUT2D eigenvalue weighted by Gasteiger charge is -2.12. The van der Waals surface area contributed by atoms with E-state index in [4.69, 9.17) is 25.5 Å². The van der Waals surface area contributed by atoms with Gasteiger partial charge in [0.15, 0.2) is 23.1 Å². The number of carbonyl (C=O) groups is 1. The van der Waals surface area contributed by atoms with E-state index in [0.717, 1.165) is 12.1 Å². The number of halogens is 3. The lowest BCUT2D eigenvalue weighted by Crippen LogP contribution is -2.13. The maximum Gasteiger partial charge on any atom is 0.224 e. The molecule has 0 bridgehead atoms. The summed E-state index contributed by atoms with van der Waals surface area (Å²) in [6.07, 6.45) is 1.56. The van der Waals surface area contributed by atoms with Gasteiger partial charge in [-0.05, 0) is 12.1 Å². The van der Waals surface area contributed by atoms with Gasteiger partial charge in [0.1, 0.15) is 11.6 Å². The van der Waals surface area contributed by atoms with Crippen molar-refractivity contribution in [2.75, 3.05) is 19.5 Å². The molecule has 1 heterocycles. The Morgan fingerprint density at radius 1 is 1.17 bits per heavy atom. The second-order valence-electron chi connectivity index (χ2n) is 5.98. The third kappa shape index (κ3) is 4.83. The van der Waals surface area contributed by atoms with Crippen LogP contribution in [0.4, 0.5) is 14.5 Å². The zero-order valence-electron chi connectivity index (χ0n) is 15.6. The number of oxazole rings is 1. The van der Waals surface area contributed by atoms with Gasteiger partial charge in [-0.15, -0.1) is 0 Å². The first-order valence-electron chi connectivity index (χ1n) is 8.52. The Labute approximate surface area is 170 Å². The molecule has 3 aromatic rings. The summed E-state index contributed by atoms with van der Waals surface area (Å²) in [4.78, 5) is 16.3. The number of ether oxygens (including phenoxy) is 2. The van der Waals surface area contributed by atoms with Crippen molar-refractivity contribution in [3.05, 3.63) is 59.1 Å². The number of aryl methyl sites for hydroxylation is 1. The Morgan fingerprint density at radius 3 is 2.59 bits per heavy atom. The first kappa shape index (κ1) is 20.6. The second-order valence-corrected chi connectivity index (χ2v) is 6.38. The monoisotopic (exact) mass is 422 g/mol. The van der Waals surface area contributed by atoms with Crippen LogP contribution < -0.4 is 14.8 Å². The van der Waals surface area contributed by atoms with Crippen molar-refractivity contribution in [2.45, 2.75) is 12.8 Å². The molecule has 0 aliphatic heterocycles. The molecule has 1 aromatic heterocycles. The smallest absolute Gasteiger partial charge is 0.224 e. The summed E-state index contributed by atoms with van der Waals surface area (Å²) in [5.74, 6) is -0.503. The van der Waals surface area contributed by atoms with E-state index >= 15 is 0 Å². The third-order valence-corrected chi connectivity index (χ3v) is 4.38. The predicted molar refractivity (Wildman–Crippen MR) is 103 cm³/mol. The molecule has 0 atom stereocenters. The van der Waals surface area contributed by atoms with Crippen molar-refractivity contribution < 1.29 is 27.5 Å². The van der Waals surface area contributed by atoms with Crippen molar-refractivity contribution in [2.24, 2.45) is 0 Å². The van der Waals surface area contributed by atoms with Gasteiger partial charge in [0.05, 0.1) is 36.7 Å². The molecule has 2 aromatic carbocycles. The van der Waals surface area contributed by atoms with Gasteiger partial charge < -0.3 is 19.2 Å². The number of rotatable bonds is 7. The van der Waals surface area contributed by atoms with Gasteiger partial charge in [0.2, 0.25) is 5.91 Å². The molecule has 6 nitrogen and oxygen atoms in total. The average molecular weight is 423 g/mol. The molecule has 0 aliphatic rings. The van der Waals surface area contributed by atoms with E-state index in [1.165, 1.54) is 32.5 Å². The number of carbonyl (C=O) groups excluding carboxylic acids is 1. The van der Waals surface area contributed by atoms with E-state index in [2.05, 4.69) is 10.3 Å². The maximum atomic E-state index is 13.8. The summed E-state index contributed by atoms with van der Waals surface area (Å²) >= 11 is 6.15. The van der Waals surface area contributed by atoms with Crippen molar-refractivity contribution in [3.8, 4) is 22.8 Å². The lowest BCUT2D eigenvalue weighted by molar-refractivity contribution is -0.116. The van der Waals surface area contributed by atoms with Crippen LogP contribution in [0.2, 0.25) is 5.02 Å². The van der Waals surface area contributed by atoms with E-state index in [9.17, 15) is 13.6 Å². The maximum absolute atomic E-state index is 13.8. The summed E-state index contributed by atoms with van der Waals surface area (Å²) in [7, 11) is 2.95. The van der Waals surface area contributed by atoms with E-state index in [1.54, 1.807) is 6.07 Å². The minimum atomic E-state index is -0.756. The molecule has 0 saturated heterocycles. The van der Waals surface area contributed by atoms with Gasteiger partial charge in [-0.1, -0.05) is 11.6 Å². The highest BCUT2D eigenvalue weighted by atomic mass is 35.5. The van der Waals surface area contributed by atoms with E-state index in [1.807, 2.05) is 0 Å². The molecule has 29 heavy (non-hydrogen) atoms. The molecule has 0 saturated carbocycles. The van der Waals surface area contributed by atoms with Gasteiger partial charge in [-0.25, -0.2) is 13.8 Å². The molecule has 0 radical (unpaired) electrons. The summed E-state index contributed by atoms with van der Waals surface area (Å²) in [5, 5.41) is 2.98. The highest BCUT2D eigenvalue weighted by Crippen LogP contribution is 2.36. The average Bonchev–Trinajstić information content (AvgIpc) is 3.16. The molecular formula is C20H17ClF2N2O4. The number of nitrogens with one attached hydrogen (secondary N) is 1. The van der Waals surface area contributed by atoms with Gasteiger partial charge >= 0.3 is 0 Å². The van der Waals surface area contributed by atoms with Crippen LogP contribution in [0.1, 0.15) is 12.3 Å². The number of amides is 1. The molecule has 1 N–H and O–H groups in total. The predicted octanol–water partition coefficient (Wildman–Crippen LogP) is 4.86. The van der Waals surface area contributed by atoms with Crippen LogP contribution in [0, 0.1) is 11.6 Å². The highest BCUT2D eigenvalue weighted by Gasteiger charge is 2.15. The largest absolute Gasteiger partial charge is 0.493 e. The van der Waals surface area contributed by atoms with Crippen LogP contribution in [0.25, 0.3) is 11.3 Å². The van der Waals surface area contributed by atoms with E-state index in [-0.39, 0.29) is 36.0 Å². The summed E-state index contributed by atoms with van der Waals surface area (Å²) < 4.78 is 42.7. The number of aromatic nitrogens is 1. The summed E-state index contributed by atoms with van der Waals surface area (Å²) in [5.41, 5.74) is 0.461. The number of methoxy groups -OCH3 is 2. The quantitative estimate of drug-likeness (QED) is 0.588. The number of hydrogen-bond donors (Lipinski definition) is 1. The van der Waals surface area contributed by atoms with E-state index < -0.39 is 11.6 Å². The van der Waals surface area contributed by atoms with Crippen LogP contribution in [0.3, 0.4) is 0 Å². The standard InChI is InChI=1S/C20H17ClF2N2O4/c1-27-16-8-13(21)15(9-17(16)28-2)25-19(26)5-6-20-24-10-18(29-20)12-4-3-11(22)7-14(12)23/h3-4,7-10H,5-6H2,1-2H3,(H,25,26). The Morgan fingerprint density at radius 2 is 1.90 bits per heavy atom. The van der Waals surface area contributed by atoms with Crippen molar-refractivity contribution in [1.29, 1.82) is 0 Å². The Hall–Kier alpha value is -3.13. The molecule has 9 heteroatoms. The zero-order chi connectivity index (χ0) is 21.0. The van der Waals surface area contributed by atoms with Crippen LogP contribution in [-0.2, 0) is 11.2 Å². The van der Waals surface area contributed by atoms with Crippen molar-refractivity contribution in [3.63, 3.8) is 0 Å². The van der Waals surface area contributed by atoms with Crippen LogP contribution in [0.5, 0.6) is 11.5 Å². The molecular weight excluding hydrogens is 406 g/mol. The van der Waals surface area contributed by atoms with Crippen LogP contribution >= 0.6 is 11.6 Å². The fourth-order valence-corrected chi connectivity index (χ4v) is 2.82. The van der Waals surface area contributed by atoms with E-state index in [0.29, 0.717) is 22.2 Å². The van der Waals surface area contributed by atoms with Crippen molar-refractivity contribution >= 4 is 23.2 Å². The number of nitrogens with zero attached hydrogens (tertiary/aromatic N) is 1. The SMILES string of the molecule is COc1cc(Cl)c(NC(=O)CCc2ncc(-c3ccc(F)cc3F)o2)cc1OC. The zero-order valence-corrected chi connectivity index (χ0v) is 16.3. The van der Waals surface area contributed by atoms with Gasteiger partial charge in [-0.2, -0.15) is 0 Å². The number of benzene rings is 2. The number of anilines is 1. The molecule has 0 aliphatic carbocycles. The Balaban J connectivity index is 1.64. The third-order valence-electron chi connectivity index (χ3n) is 4.06. The lowest BCUT2D eigenvalue weighted by atomic mass is 10.2. The Kier molecular flexibility index (Phi) is 6.33. The minimum Gasteiger partial charge on any atom is -0.493 e. The molecule has 0 unspecified atom stereocenters. The molecule has 152 valence electrons. The van der Waals surface area contributed by atoms with Crippen LogP contribution in [-0.4, -0.2) is 25.1 Å². The van der Waals surface area contributed by atoms with Gasteiger partial charge in [0.25, 0.3) is 0 Å². The molecule has 1 amide bonds. The second kappa shape index (κ2) is 8.91. The Bertz CT molecular complexity index is 1040. The molecule has 3 rings (SSSR count). The summed E-state index contributed by atoms with van der Waals surface area (Å²) in [6, 6.07) is 6.24. The highest BCUT2D eigenvalue weighted by molar-refractivity contribution is 6.34. The molecule has 0 spiro atoms. The summed E-state index contributed by atoms with van der Waals surface area (Å²) in [6.45, 7) is 0. The fourth-order valence-electron chi connectivity index (χ4n) is 2.62. The normalized spacial score (nSPS) is 10.7. The van der Waals surface area contributed by atoms with Crippen LogP contribution in [0.15, 0.2) is 40.9 Å². The van der Waals surface area contributed by atoms with Crippen molar-refractivity contribution in [1.82, 2.24) is 4.98 Å².